The number of rotatable bonds is 5. The predicted molar refractivity (Wildman–Crippen MR) is 103 cm³/mol. The van der Waals surface area contributed by atoms with Crippen molar-refractivity contribution in [3.63, 3.8) is 0 Å². The Kier molecular flexibility index (Phi) is 3.97. The molecule has 0 atom stereocenters. The van der Waals surface area contributed by atoms with Crippen LogP contribution in [0.2, 0.25) is 0 Å². The fourth-order valence-corrected chi connectivity index (χ4v) is 3.68. The number of thiophene rings is 1. The number of aromatic nitrogens is 2. The zero-order valence-electron chi connectivity index (χ0n) is 14.5. The van der Waals surface area contributed by atoms with Gasteiger partial charge in [-0.15, -0.1) is 11.3 Å². The molecule has 3 heterocycles. The molecular weight excluding hydrogens is 382 g/mol. The summed E-state index contributed by atoms with van der Waals surface area (Å²) >= 11 is 1.27. The van der Waals surface area contributed by atoms with Crippen LogP contribution in [0.1, 0.15) is 28.2 Å². The van der Waals surface area contributed by atoms with Crippen LogP contribution in [0.5, 0.6) is 17.2 Å². The summed E-state index contributed by atoms with van der Waals surface area (Å²) in [4.78, 5) is 27.3. The maximum atomic E-state index is 12.3. The van der Waals surface area contributed by atoms with Crippen LogP contribution in [0, 0.1) is 0 Å². The highest BCUT2D eigenvalue weighted by molar-refractivity contribution is 7.20. The quantitative estimate of drug-likeness (QED) is 0.500. The molecule has 1 saturated carbocycles. The summed E-state index contributed by atoms with van der Waals surface area (Å²) in [6, 6.07) is 7.19. The molecule has 1 aliphatic carbocycles. The molecule has 0 bridgehead atoms. The fourth-order valence-electron chi connectivity index (χ4n) is 2.73. The molecule has 0 saturated heterocycles. The topological polar surface area (TPSA) is 121 Å². The van der Waals surface area contributed by atoms with Gasteiger partial charge in [-0.1, -0.05) is 5.16 Å². The van der Waals surface area contributed by atoms with E-state index in [-0.39, 0.29) is 24.7 Å². The SMILES string of the molecule is Nc1nc(C=NOc2ccc3c(c2)OCO3)c2cc(C(=O)NC3CC3)sc2n1. The van der Waals surface area contributed by atoms with E-state index in [1.54, 1.807) is 24.3 Å². The molecule has 10 heteroatoms. The molecular formula is C18H15N5O4S. The van der Waals surface area contributed by atoms with Gasteiger partial charge in [0.05, 0.1) is 16.8 Å². The molecule has 0 unspecified atom stereocenters. The number of nitrogen functional groups attached to an aromatic ring is 1. The minimum atomic E-state index is -0.108. The second-order valence-electron chi connectivity index (χ2n) is 6.39. The van der Waals surface area contributed by atoms with Gasteiger partial charge in [0.15, 0.2) is 17.2 Å². The summed E-state index contributed by atoms with van der Waals surface area (Å²) in [5.74, 6) is 1.76. The molecule has 1 fully saturated rings. The molecule has 0 radical (unpaired) electrons. The van der Waals surface area contributed by atoms with Crippen molar-refractivity contribution in [1.82, 2.24) is 15.3 Å². The van der Waals surface area contributed by atoms with Crippen LogP contribution in [0.15, 0.2) is 29.4 Å². The number of fused-ring (bicyclic) bond motifs is 2. The lowest BCUT2D eigenvalue weighted by Gasteiger charge is -2.01. The largest absolute Gasteiger partial charge is 0.454 e. The Hall–Kier alpha value is -3.40. The van der Waals surface area contributed by atoms with Crippen molar-refractivity contribution in [3.05, 3.63) is 34.8 Å². The van der Waals surface area contributed by atoms with Crippen molar-refractivity contribution in [2.45, 2.75) is 18.9 Å². The van der Waals surface area contributed by atoms with E-state index in [0.717, 1.165) is 12.8 Å². The van der Waals surface area contributed by atoms with Crippen LogP contribution in [-0.4, -0.2) is 34.9 Å². The van der Waals surface area contributed by atoms with E-state index in [0.29, 0.717) is 38.0 Å². The lowest BCUT2D eigenvalue weighted by molar-refractivity contribution is 0.0955. The average molecular weight is 397 g/mol. The smallest absolute Gasteiger partial charge is 0.261 e. The molecule has 28 heavy (non-hydrogen) atoms. The van der Waals surface area contributed by atoms with Crippen molar-refractivity contribution < 1.29 is 19.1 Å². The van der Waals surface area contributed by atoms with Gasteiger partial charge in [0, 0.05) is 17.5 Å². The normalized spacial score (nSPS) is 15.3. The van der Waals surface area contributed by atoms with E-state index in [4.69, 9.17) is 20.0 Å². The van der Waals surface area contributed by atoms with Gasteiger partial charge < -0.3 is 25.4 Å². The average Bonchev–Trinajstić information content (AvgIpc) is 3.19. The van der Waals surface area contributed by atoms with Crippen LogP contribution >= 0.6 is 11.3 Å². The number of carbonyl (C=O) groups excluding carboxylic acids is 1. The van der Waals surface area contributed by atoms with Gasteiger partial charge in [-0.3, -0.25) is 4.79 Å². The number of carbonyl (C=O) groups is 1. The standard InChI is InChI=1S/C18H15N5O4S/c19-18-22-12(7-20-27-10-3-4-13-14(5-10)26-8-25-13)11-6-15(28-17(11)23-18)16(24)21-9-1-2-9/h3-7,9H,1-2,8H2,(H,21,24)(H2,19,22,23). The van der Waals surface area contributed by atoms with E-state index >= 15 is 0 Å². The molecule has 5 rings (SSSR count). The third kappa shape index (κ3) is 3.29. The zero-order chi connectivity index (χ0) is 19.1. The molecule has 0 spiro atoms. The molecule has 9 nitrogen and oxygen atoms in total. The van der Waals surface area contributed by atoms with Gasteiger partial charge in [-0.25, -0.2) is 9.97 Å². The first-order chi connectivity index (χ1) is 13.7. The molecule has 2 aromatic heterocycles. The van der Waals surface area contributed by atoms with Crippen LogP contribution in [-0.2, 0) is 0 Å². The highest BCUT2D eigenvalue weighted by Crippen LogP contribution is 2.35. The molecule has 142 valence electrons. The summed E-state index contributed by atoms with van der Waals surface area (Å²) in [5, 5.41) is 7.63. The Morgan fingerprint density at radius 2 is 2.14 bits per heavy atom. The number of oxime groups is 1. The monoisotopic (exact) mass is 397 g/mol. The first-order valence-corrected chi connectivity index (χ1v) is 9.45. The Bertz CT molecular complexity index is 1110. The highest BCUT2D eigenvalue weighted by atomic mass is 32.1. The zero-order valence-corrected chi connectivity index (χ0v) is 15.4. The van der Waals surface area contributed by atoms with Gasteiger partial charge in [0.1, 0.15) is 4.83 Å². The third-order valence-electron chi connectivity index (χ3n) is 4.25. The van der Waals surface area contributed by atoms with Gasteiger partial charge in [0.25, 0.3) is 5.91 Å². The molecule has 1 amide bonds. The van der Waals surface area contributed by atoms with Gasteiger partial charge in [-0.05, 0) is 31.0 Å². The number of hydrogen-bond acceptors (Lipinski definition) is 9. The maximum Gasteiger partial charge on any atom is 0.261 e. The van der Waals surface area contributed by atoms with Crippen molar-refractivity contribution >= 4 is 39.6 Å². The Morgan fingerprint density at radius 3 is 3.00 bits per heavy atom. The Balaban J connectivity index is 1.39. The summed E-state index contributed by atoms with van der Waals surface area (Å²) < 4.78 is 10.6. The highest BCUT2D eigenvalue weighted by Gasteiger charge is 2.25. The number of anilines is 1. The van der Waals surface area contributed by atoms with Gasteiger partial charge >= 0.3 is 0 Å². The second kappa shape index (κ2) is 6.64. The lowest BCUT2D eigenvalue weighted by Crippen LogP contribution is -2.24. The summed E-state index contributed by atoms with van der Waals surface area (Å²) in [6.07, 6.45) is 3.50. The van der Waals surface area contributed by atoms with Crippen LogP contribution in [0.25, 0.3) is 10.2 Å². The number of ether oxygens (including phenoxy) is 2. The van der Waals surface area contributed by atoms with Crippen LogP contribution in [0.3, 0.4) is 0 Å². The van der Waals surface area contributed by atoms with E-state index in [1.807, 2.05) is 0 Å². The van der Waals surface area contributed by atoms with Crippen LogP contribution in [0.4, 0.5) is 5.95 Å². The van der Waals surface area contributed by atoms with E-state index < -0.39 is 0 Å². The van der Waals surface area contributed by atoms with Gasteiger partial charge in [0.2, 0.25) is 12.7 Å². The fraction of sp³-hybridized carbons (Fsp3) is 0.222. The van der Waals surface area contributed by atoms with Crippen molar-refractivity contribution in [2.24, 2.45) is 5.16 Å². The van der Waals surface area contributed by atoms with Crippen molar-refractivity contribution in [3.8, 4) is 17.2 Å². The summed E-state index contributed by atoms with van der Waals surface area (Å²) in [5.41, 5.74) is 6.27. The maximum absolute atomic E-state index is 12.3. The molecule has 3 aromatic rings. The number of amides is 1. The first-order valence-electron chi connectivity index (χ1n) is 8.64. The third-order valence-corrected chi connectivity index (χ3v) is 5.28. The Morgan fingerprint density at radius 1 is 1.29 bits per heavy atom. The lowest BCUT2D eigenvalue weighted by atomic mass is 10.2. The summed E-state index contributed by atoms with van der Waals surface area (Å²) in [7, 11) is 0. The van der Waals surface area contributed by atoms with E-state index in [1.165, 1.54) is 17.6 Å². The first kappa shape index (κ1) is 16.8. The number of nitrogens with two attached hydrogens (primary N) is 1. The number of nitrogens with zero attached hydrogens (tertiary/aromatic N) is 3. The van der Waals surface area contributed by atoms with Crippen molar-refractivity contribution in [1.29, 1.82) is 0 Å². The number of nitrogens with one attached hydrogen (secondary N) is 1. The second-order valence-corrected chi connectivity index (χ2v) is 7.42. The molecule has 2 aliphatic rings. The minimum Gasteiger partial charge on any atom is -0.454 e. The number of hydrogen-bond donors (Lipinski definition) is 2. The molecule has 1 aliphatic heterocycles. The number of benzene rings is 1. The molecule has 3 N–H and O–H groups in total. The van der Waals surface area contributed by atoms with Crippen molar-refractivity contribution in [2.75, 3.05) is 12.5 Å². The van der Waals surface area contributed by atoms with E-state index in [9.17, 15) is 4.79 Å². The van der Waals surface area contributed by atoms with E-state index in [2.05, 4.69) is 20.4 Å². The summed E-state index contributed by atoms with van der Waals surface area (Å²) in [6.45, 7) is 0.190. The van der Waals surface area contributed by atoms with Crippen LogP contribution < -0.4 is 25.4 Å². The molecule has 1 aromatic carbocycles. The Labute approximate surface area is 163 Å². The van der Waals surface area contributed by atoms with Gasteiger partial charge in [-0.2, -0.15) is 0 Å². The predicted octanol–water partition coefficient (Wildman–Crippen LogP) is 2.31. The minimum absolute atomic E-state index is 0.105.